The first-order valence-electron chi connectivity index (χ1n) is 8.78. The smallest absolute Gasteiger partial charge is 0.276 e. The molecule has 10 heteroatoms. The molecule has 1 amide bonds. The zero-order valence-electron chi connectivity index (χ0n) is 15.4. The van der Waals surface area contributed by atoms with Crippen LogP contribution in [-0.4, -0.2) is 50.4 Å². The van der Waals surface area contributed by atoms with Crippen molar-refractivity contribution in [3.63, 3.8) is 0 Å². The Balaban J connectivity index is 0.00000150. The summed E-state index contributed by atoms with van der Waals surface area (Å²) in [6.07, 6.45) is 3.41. The van der Waals surface area contributed by atoms with Crippen LogP contribution < -0.4 is 5.32 Å². The third kappa shape index (κ3) is 5.45. The van der Waals surface area contributed by atoms with Gasteiger partial charge >= 0.3 is 0 Å². The standard InChI is InChI=1S/C19H19ClN6O.2ClH/c20-15-5-3-4-14(10-15)18-11-21-8-9-26(18)19(27)17-13-25(24-23-17)12-16-6-1-2-7-22-16;;/h1-7,10,13,18,21H,8-9,11-12H2;2*1H. The second kappa shape index (κ2) is 10.5. The highest BCUT2D eigenvalue weighted by Gasteiger charge is 2.30. The number of piperazine rings is 1. The van der Waals surface area contributed by atoms with E-state index in [9.17, 15) is 4.79 Å². The third-order valence-electron chi connectivity index (χ3n) is 4.55. The maximum Gasteiger partial charge on any atom is 0.276 e. The summed E-state index contributed by atoms with van der Waals surface area (Å²) in [4.78, 5) is 19.2. The second-order valence-electron chi connectivity index (χ2n) is 6.40. The third-order valence-corrected chi connectivity index (χ3v) is 4.78. The summed E-state index contributed by atoms with van der Waals surface area (Å²) in [5, 5.41) is 12.2. The Labute approximate surface area is 186 Å². The number of halogens is 3. The molecule has 0 saturated carbocycles. The number of amides is 1. The van der Waals surface area contributed by atoms with Crippen molar-refractivity contribution in [2.75, 3.05) is 19.6 Å². The molecule has 0 spiro atoms. The molecule has 1 atom stereocenters. The summed E-state index contributed by atoms with van der Waals surface area (Å²) >= 11 is 6.13. The van der Waals surface area contributed by atoms with Crippen LogP contribution in [0.25, 0.3) is 0 Å². The van der Waals surface area contributed by atoms with Gasteiger partial charge in [-0.25, -0.2) is 4.68 Å². The Kier molecular flexibility index (Phi) is 8.40. The largest absolute Gasteiger partial charge is 0.328 e. The Bertz CT molecular complexity index is 936. The number of rotatable bonds is 4. The van der Waals surface area contributed by atoms with Crippen LogP contribution in [0.3, 0.4) is 0 Å². The molecule has 1 unspecified atom stereocenters. The molecule has 0 bridgehead atoms. The molecule has 0 radical (unpaired) electrons. The van der Waals surface area contributed by atoms with Gasteiger partial charge in [0.1, 0.15) is 0 Å². The quantitative estimate of drug-likeness (QED) is 0.654. The highest BCUT2D eigenvalue weighted by atomic mass is 35.5. The fraction of sp³-hybridized carbons (Fsp3) is 0.263. The molecule has 1 aromatic carbocycles. The zero-order chi connectivity index (χ0) is 18.6. The van der Waals surface area contributed by atoms with Gasteiger partial charge in [-0.05, 0) is 29.8 Å². The first kappa shape index (κ1) is 23.1. The molecule has 1 fully saturated rings. The average Bonchev–Trinajstić information content (AvgIpc) is 3.17. The van der Waals surface area contributed by atoms with E-state index < -0.39 is 0 Å². The first-order valence-corrected chi connectivity index (χ1v) is 9.16. The van der Waals surface area contributed by atoms with Gasteiger partial charge in [-0.2, -0.15) is 0 Å². The van der Waals surface area contributed by atoms with Crippen LogP contribution >= 0.6 is 36.4 Å². The van der Waals surface area contributed by atoms with E-state index in [1.807, 2.05) is 47.4 Å². The van der Waals surface area contributed by atoms with Crippen molar-refractivity contribution < 1.29 is 4.79 Å². The number of hydrogen-bond acceptors (Lipinski definition) is 5. The SMILES string of the molecule is Cl.Cl.O=C(c1cn(Cc2ccccn2)nn1)N1CCNCC1c1cccc(Cl)c1. The molecule has 4 rings (SSSR count). The molecule has 29 heavy (non-hydrogen) atoms. The van der Waals surface area contributed by atoms with E-state index in [-0.39, 0.29) is 36.8 Å². The summed E-state index contributed by atoms with van der Waals surface area (Å²) in [7, 11) is 0. The summed E-state index contributed by atoms with van der Waals surface area (Å²) in [6.45, 7) is 2.49. The molecule has 154 valence electrons. The molecule has 1 saturated heterocycles. The number of nitrogens with one attached hydrogen (secondary N) is 1. The molecule has 1 N–H and O–H groups in total. The van der Waals surface area contributed by atoms with Gasteiger partial charge in [0.2, 0.25) is 0 Å². The van der Waals surface area contributed by atoms with Crippen LogP contribution in [0.1, 0.15) is 27.8 Å². The molecule has 2 aromatic heterocycles. The van der Waals surface area contributed by atoms with Crippen LogP contribution in [0.2, 0.25) is 5.02 Å². The van der Waals surface area contributed by atoms with E-state index in [0.717, 1.165) is 17.8 Å². The number of carbonyl (C=O) groups excluding carboxylic acids is 1. The number of benzene rings is 1. The van der Waals surface area contributed by atoms with Crippen molar-refractivity contribution in [3.05, 3.63) is 76.8 Å². The van der Waals surface area contributed by atoms with Gasteiger partial charge in [0.05, 0.1) is 24.5 Å². The second-order valence-corrected chi connectivity index (χ2v) is 6.83. The van der Waals surface area contributed by atoms with Gasteiger partial charge < -0.3 is 10.2 Å². The summed E-state index contributed by atoms with van der Waals surface area (Å²) < 4.78 is 1.63. The van der Waals surface area contributed by atoms with Crippen LogP contribution in [0, 0.1) is 0 Å². The molecule has 1 aliphatic heterocycles. The monoisotopic (exact) mass is 454 g/mol. The van der Waals surface area contributed by atoms with Gasteiger partial charge in [0.25, 0.3) is 5.91 Å². The Morgan fingerprint density at radius 3 is 2.83 bits per heavy atom. The summed E-state index contributed by atoms with van der Waals surface area (Å²) in [5.41, 5.74) is 2.20. The Morgan fingerprint density at radius 1 is 1.21 bits per heavy atom. The average molecular weight is 456 g/mol. The highest BCUT2D eigenvalue weighted by molar-refractivity contribution is 6.30. The Morgan fingerprint density at radius 2 is 2.07 bits per heavy atom. The van der Waals surface area contributed by atoms with Crippen LogP contribution in [0.5, 0.6) is 0 Å². The molecular formula is C19H21Cl3N6O. The van der Waals surface area contributed by atoms with Crippen LogP contribution in [0.15, 0.2) is 54.9 Å². The summed E-state index contributed by atoms with van der Waals surface area (Å²) in [5.74, 6) is -0.131. The molecule has 1 aliphatic rings. The number of hydrogen-bond donors (Lipinski definition) is 1. The normalized spacial score (nSPS) is 15.9. The Hall–Kier alpha value is -2.19. The van der Waals surface area contributed by atoms with E-state index >= 15 is 0 Å². The number of carbonyl (C=O) groups is 1. The lowest BCUT2D eigenvalue weighted by Crippen LogP contribution is -2.48. The number of nitrogens with zero attached hydrogens (tertiary/aromatic N) is 5. The number of aromatic nitrogens is 4. The van der Waals surface area contributed by atoms with Gasteiger partial charge in [0, 0.05) is 30.9 Å². The lowest BCUT2D eigenvalue weighted by molar-refractivity contribution is 0.0628. The fourth-order valence-corrected chi connectivity index (χ4v) is 3.44. The fourth-order valence-electron chi connectivity index (χ4n) is 3.24. The number of pyridine rings is 1. The molecular weight excluding hydrogens is 435 g/mol. The maximum absolute atomic E-state index is 13.1. The highest BCUT2D eigenvalue weighted by Crippen LogP contribution is 2.25. The molecule has 3 aromatic rings. The van der Waals surface area contributed by atoms with Crippen molar-refractivity contribution in [3.8, 4) is 0 Å². The van der Waals surface area contributed by atoms with Gasteiger partial charge in [-0.1, -0.05) is 35.0 Å². The van der Waals surface area contributed by atoms with Crippen molar-refractivity contribution in [1.29, 1.82) is 0 Å². The molecule has 3 heterocycles. The minimum atomic E-state index is -0.131. The van der Waals surface area contributed by atoms with Gasteiger partial charge in [-0.3, -0.25) is 9.78 Å². The molecule has 0 aliphatic carbocycles. The van der Waals surface area contributed by atoms with Gasteiger partial charge in [-0.15, -0.1) is 29.9 Å². The van der Waals surface area contributed by atoms with E-state index in [0.29, 0.717) is 30.4 Å². The zero-order valence-corrected chi connectivity index (χ0v) is 17.8. The van der Waals surface area contributed by atoms with E-state index in [2.05, 4.69) is 20.6 Å². The first-order chi connectivity index (χ1) is 13.2. The van der Waals surface area contributed by atoms with Crippen molar-refractivity contribution in [2.45, 2.75) is 12.6 Å². The van der Waals surface area contributed by atoms with E-state index in [4.69, 9.17) is 11.6 Å². The van der Waals surface area contributed by atoms with E-state index in [1.165, 1.54) is 0 Å². The van der Waals surface area contributed by atoms with Crippen molar-refractivity contribution in [2.24, 2.45) is 0 Å². The van der Waals surface area contributed by atoms with Crippen LogP contribution in [0.4, 0.5) is 0 Å². The van der Waals surface area contributed by atoms with E-state index in [1.54, 1.807) is 17.1 Å². The van der Waals surface area contributed by atoms with Crippen LogP contribution in [-0.2, 0) is 6.54 Å². The minimum absolute atomic E-state index is 0. The molecule has 7 nitrogen and oxygen atoms in total. The predicted molar refractivity (Wildman–Crippen MR) is 116 cm³/mol. The topological polar surface area (TPSA) is 75.9 Å². The predicted octanol–water partition coefficient (Wildman–Crippen LogP) is 3.01. The lowest BCUT2D eigenvalue weighted by atomic mass is 10.0. The minimum Gasteiger partial charge on any atom is -0.328 e. The van der Waals surface area contributed by atoms with Crippen molar-refractivity contribution in [1.82, 2.24) is 30.2 Å². The lowest BCUT2D eigenvalue weighted by Gasteiger charge is -2.36. The summed E-state index contributed by atoms with van der Waals surface area (Å²) in [6, 6.07) is 13.2. The maximum atomic E-state index is 13.1. The van der Waals surface area contributed by atoms with Gasteiger partial charge in [0.15, 0.2) is 5.69 Å². The van der Waals surface area contributed by atoms with Crippen molar-refractivity contribution >= 4 is 42.3 Å².